The Hall–Kier alpha value is -0.560. The van der Waals surface area contributed by atoms with E-state index in [0.717, 1.165) is 12.0 Å². The summed E-state index contributed by atoms with van der Waals surface area (Å²) in [5.74, 6) is -1.48. The summed E-state index contributed by atoms with van der Waals surface area (Å²) in [4.78, 5) is 0.102. The third-order valence-corrected chi connectivity index (χ3v) is 5.44. The van der Waals surface area contributed by atoms with Gasteiger partial charge in [0.2, 0.25) is 0 Å². The van der Waals surface area contributed by atoms with E-state index in [1.807, 2.05) is 0 Å². The number of halogens is 4. The van der Waals surface area contributed by atoms with Crippen LogP contribution in [-0.2, 0) is 9.84 Å². The average Bonchev–Trinajstić information content (AvgIpc) is 2.92. The van der Waals surface area contributed by atoms with Crippen LogP contribution in [0.4, 0.5) is 13.2 Å². The van der Waals surface area contributed by atoms with Crippen molar-refractivity contribution >= 4 is 25.8 Å². The first-order chi connectivity index (χ1) is 8.19. The first-order valence-electron chi connectivity index (χ1n) is 5.22. The summed E-state index contributed by atoms with van der Waals surface area (Å²) >= 11 is 3.42. The number of benzene rings is 1. The highest BCUT2D eigenvalue weighted by Gasteiger charge is 2.37. The molecule has 1 aliphatic carbocycles. The summed E-state index contributed by atoms with van der Waals surface area (Å²) in [6.45, 7) is 0. The Balaban J connectivity index is 2.19. The molecule has 0 unspecified atom stereocenters. The SMILES string of the molecule is O=S(=O)(CC(F)(F)F)c1ccc([C@@H]2C[C@H]2Br)cc1. The highest BCUT2D eigenvalue weighted by atomic mass is 79.9. The zero-order chi connectivity index (χ0) is 13.6. The van der Waals surface area contributed by atoms with E-state index in [0.29, 0.717) is 10.7 Å². The van der Waals surface area contributed by atoms with E-state index in [4.69, 9.17) is 0 Å². The third-order valence-electron chi connectivity index (χ3n) is 2.73. The summed E-state index contributed by atoms with van der Waals surface area (Å²) in [7, 11) is -4.29. The maximum absolute atomic E-state index is 12.1. The van der Waals surface area contributed by atoms with Crippen molar-refractivity contribution in [2.24, 2.45) is 0 Å². The number of hydrogen-bond donors (Lipinski definition) is 0. The van der Waals surface area contributed by atoms with Gasteiger partial charge in [0.05, 0.1) is 4.90 Å². The number of rotatable bonds is 3. The van der Waals surface area contributed by atoms with Crippen LogP contribution in [-0.4, -0.2) is 25.2 Å². The molecule has 18 heavy (non-hydrogen) atoms. The maximum Gasteiger partial charge on any atom is 0.403 e. The molecule has 1 aromatic carbocycles. The van der Waals surface area contributed by atoms with Crippen molar-refractivity contribution in [1.29, 1.82) is 0 Å². The first kappa shape index (κ1) is 13.9. The smallest absolute Gasteiger partial charge is 0.223 e. The lowest BCUT2D eigenvalue weighted by atomic mass is 10.1. The predicted octanol–water partition coefficient (Wildman–Crippen LogP) is 3.27. The molecule has 0 saturated heterocycles. The molecule has 2 atom stereocenters. The molecule has 2 nitrogen and oxygen atoms in total. The zero-order valence-electron chi connectivity index (χ0n) is 9.11. The topological polar surface area (TPSA) is 34.1 Å². The first-order valence-corrected chi connectivity index (χ1v) is 7.79. The molecule has 0 spiro atoms. The van der Waals surface area contributed by atoms with Crippen molar-refractivity contribution in [2.75, 3.05) is 5.75 Å². The van der Waals surface area contributed by atoms with Crippen molar-refractivity contribution in [3.63, 3.8) is 0 Å². The Bertz CT molecular complexity index is 536. The summed E-state index contributed by atoms with van der Waals surface area (Å²) < 4.78 is 59.3. The quantitative estimate of drug-likeness (QED) is 0.790. The Morgan fingerprint density at radius 2 is 1.72 bits per heavy atom. The molecule has 0 N–H and O–H groups in total. The highest BCUT2D eigenvalue weighted by molar-refractivity contribution is 9.09. The molecular weight excluding hydrogens is 333 g/mol. The molecule has 0 heterocycles. The standard InChI is InChI=1S/C11H10BrF3O2S/c12-10-5-9(10)7-1-3-8(4-2-7)18(16,17)6-11(13,14)15/h1-4,9-10H,5-6H2/t9-,10+/m0/s1. The maximum atomic E-state index is 12.1. The molecule has 1 aromatic rings. The Morgan fingerprint density at radius 3 is 2.11 bits per heavy atom. The number of hydrogen-bond acceptors (Lipinski definition) is 2. The third kappa shape index (κ3) is 3.26. The van der Waals surface area contributed by atoms with Gasteiger partial charge in [0.1, 0.15) is 0 Å². The second-order valence-corrected chi connectivity index (χ2v) is 7.47. The summed E-state index contributed by atoms with van der Waals surface area (Å²) in [6.07, 6.45) is -3.75. The molecule has 1 fully saturated rings. The van der Waals surface area contributed by atoms with Crippen molar-refractivity contribution in [3.05, 3.63) is 29.8 Å². The minimum atomic E-state index is -4.71. The van der Waals surface area contributed by atoms with Crippen molar-refractivity contribution in [2.45, 2.75) is 28.2 Å². The largest absolute Gasteiger partial charge is 0.403 e. The molecule has 0 aromatic heterocycles. The van der Waals surface area contributed by atoms with Crippen LogP contribution in [0.5, 0.6) is 0 Å². The summed E-state index contributed by atoms with van der Waals surface area (Å²) in [5.41, 5.74) is 0.947. The van der Waals surface area contributed by atoms with Crippen LogP contribution >= 0.6 is 15.9 Å². The van der Waals surface area contributed by atoms with Crippen molar-refractivity contribution < 1.29 is 21.6 Å². The average molecular weight is 343 g/mol. The van der Waals surface area contributed by atoms with Crippen LogP contribution in [0.15, 0.2) is 29.2 Å². The molecule has 1 saturated carbocycles. The van der Waals surface area contributed by atoms with Gasteiger partial charge in [0, 0.05) is 4.83 Å². The van der Waals surface area contributed by atoms with E-state index in [2.05, 4.69) is 15.9 Å². The molecule has 0 bridgehead atoms. The number of sulfone groups is 1. The predicted molar refractivity (Wildman–Crippen MR) is 64.6 cm³/mol. The van der Waals surface area contributed by atoms with Gasteiger partial charge in [-0.1, -0.05) is 28.1 Å². The fourth-order valence-corrected chi connectivity index (χ4v) is 3.59. The molecule has 7 heteroatoms. The summed E-state index contributed by atoms with van der Waals surface area (Å²) in [5, 5.41) is 0. The monoisotopic (exact) mass is 342 g/mol. The van der Waals surface area contributed by atoms with Gasteiger partial charge in [-0.05, 0) is 30.0 Å². The van der Waals surface area contributed by atoms with Gasteiger partial charge in [0.25, 0.3) is 0 Å². The van der Waals surface area contributed by atoms with Crippen molar-refractivity contribution in [1.82, 2.24) is 0 Å². The minimum Gasteiger partial charge on any atom is -0.223 e. The second-order valence-electron chi connectivity index (χ2n) is 4.30. The molecule has 0 aliphatic heterocycles. The highest BCUT2D eigenvalue weighted by Crippen LogP contribution is 2.46. The van der Waals surface area contributed by atoms with Crippen LogP contribution in [0, 0.1) is 0 Å². The number of alkyl halides is 4. The molecule has 1 aliphatic rings. The van der Waals surface area contributed by atoms with E-state index in [1.54, 1.807) is 12.1 Å². The molecule has 0 amide bonds. The van der Waals surface area contributed by atoms with Crippen LogP contribution < -0.4 is 0 Å². The molecule has 2 rings (SSSR count). The van der Waals surface area contributed by atoms with Gasteiger partial charge in [-0.15, -0.1) is 0 Å². The van der Waals surface area contributed by atoms with Gasteiger partial charge >= 0.3 is 6.18 Å². The van der Waals surface area contributed by atoms with E-state index in [9.17, 15) is 21.6 Å². The summed E-state index contributed by atoms with van der Waals surface area (Å²) in [6, 6.07) is 5.65. The van der Waals surface area contributed by atoms with Gasteiger partial charge in [-0.2, -0.15) is 13.2 Å². The van der Waals surface area contributed by atoms with Gasteiger partial charge in [0.15, 0.2) is 15.6 Å². The molecular formula is C11H10BrF3O2S. The second kappa shape index (κ2) is 4.52. The van der Waals surface area contributed by atoms with E-state index < -0.39 is 21.8 Å². The fourth-order valence-electron chi connectivity index (χ4n) is 1.73. The van der Waals surface area contributed by atoms with Gasteiger partial charge in [-0.25, -0.2) is 8.42 Å². The minimum absolute atomic E-state index is 0.282. The van der Waals surface area contributed by atoms with E-state index in [-0.39, 0.29) is 4.90 Å². The Labute approximate surface area is 111 Å². The van der Waals surface area contributed by atoms with E-state index in [1.165, 1.54) is 12.1 Å². The lowest BCUT2D eigenvalue weighted by Crippen LogP contribution is -2.22. The van der Waals surface area contributed by atoms with Crippen LogP contribution in [0.3, 0.4) is 0 Å². The molecule has 0 radical (unpaired) electrons. The van der Waals surface area contributed by atoms with Crippen molar-refractivity contribution in [3.8, 4) is 0 Å². The van der Waals surface area contributed by atoms with Crippen LogP contribution in [0.25, 0.3) is 0 Å². The van der Waals surface area contributed by atoms with Gasteiger partial charge in [-0.3, -0.25) is 0 Å². The molecule has 100 valence electrons. The normalized spacial score (nSPS) is 24.0. The van der Waals surface area contributed by atoms with Crippen LogP contribution in [0.1, 0.15) is 17.9 Å². The van der Waals surface area contributed by atoms with Gasteiger partial charge < -0.3 is 0 Å². The van der Waals surface area contributed by atoms with Crippen LogP contribution in [0.2, 0.25) is 0 Å². The fraction of sp³-hybridized carbons (Fsp3) is 0.455. The zero-order valence-corrected chi connectivity index (χ0v) is 11.5. The Kier molecular flexibility index (Phi) is 3.48. The lowest BCUT2D eigenvalue weighted by molar-refractivity contribution is -0.106. The Morgan fingerprint density at radius 1 is 1.22 bits per heavy atom. The lowest BCUT2D eigenvalue weighted by Gasteiger charge is -2.08. The van der Waals surface area contributed by atoms with E-state index >= 15 is 0 Å².